The fourth-order valence-electron chi connectivity index (χ4n) is 2.80. The third-order valence-electron chi connectivity index (χ3n) is 4.30. The molecule has 1 N–H and O–H groups in total. The minimum atomic E-state index is -0.726. The van der Waals surface area contributed by atoms with Gasteiger partial charge in [-0.25, -0.2) is 4.98 Å². The predicted molar refractivity (Wildman–Crippen MR) is 76.1 cm³/mol. The monoisotopic (exact) mass is 293 g/mol. The first-order valence-electron chi connectivity index (χ1n) is 6.96. The Kier molecular flexibility index (Phi) is 3.08. The van der Waals surface area contributed by atoms with Crippen LogP contribution in [0.15, 0.2) is 6.20 Å². The van der Waals surface area contributed by atoms with E-state index < -0.39 is 11.6 Å². The number of hydrogen-bond donors (Lipinski definition) is 1. The van der Waals surface area contributed by atoms with Crippen LogP contribution in [0.25, 0.3) is 0 Å². The molecule has 5 nitrogen and oxygen atoms in total. The van der Waals surface area contributed by atoms with Crippen molar-refractivity contribution in [2.24, 2.45) is 5.92 Å². The Balaban J connectivity index is 1.86. The number of piperazine rings is 1. The summed E-state index contributed by atoms with van der Waals surface area (Å²) in [5.74, 6) is 0.249. The number of nitrogens with one attached hydrogen (secondary N) is 1. The molecule has 1 saturated heterocycles. The first-order valence-corrected chi connectivity index (χ1v) is 7.78. The molecule has 1 aromatic heterocycles. The van der Waals surface area contributed by atoms with Gasteiger partial charge in [-0.1, -0.05) is 0 Å². The molecule has 1 aliphatic heterocycles. The first-order chi connectivity index (χ1) is 9.41. The van der Waals surface area contributed by atoms with Crippen molar-refractivity contribution in [3.63, 3.8) is 0 Å². The summed E-state index contributed by atoms with van der Waals surface area (Å²) in [4.78, 5) is 32.1. The highest BCUT2D eigenvalue weighted by molar-refractivity contribution is 7.11. The van der Waals surface area contributed by atoms with E-state index >= 15 is 0 Å². The van der Waals surface area contributed by atoms with Gasteiger partial charge in [0, 0.05) is 11.1 Å². The second kappa shape index (κ2) is 4.55. The topological polar surface area (TPSA) is 62.3 Å². The summed E-state index contributed by atoms with van der Waals surface area (Å²) in [5, 5.41) is 3.81. The number of rotatable bonds is 3. The van der Waals surface area contributed by atoms with Crippen molar-refractivity contribution in [1.82, 2.24) is 15.2 Å². The van der Waals surface area contributed by atoms with Crippen LogP contribution in [0.1, 0.15) is 36.6 Å². The maximum absolute atomic E-state index is 12.8. The van der Waals surface area contributed by atoms with Crippen LogP contribution in [0.5, 0.6) is 0 Å². The molecule has 108 valence electrons. The molecule has 0 spiro atoms. The van der Waals surface area contributed by atoms with Crippen LogP contribution in [-0.4, -0.2) is 33.3 Å². The summed E-state index contributed by atoms with van der Waals surface area (Å²) < 4.78 is 0. The van der Waals surface area contributed by atoms with Gasteiger partial charge in [-0.2, -0.15) is 0 Å². The second-order valence-corrected chi connectivity index (χ2v) is 7.26. The van der Waals surface area contributed by atoms with Crippen LogP contribution >= 0.6 is 11.3 Å². The van der Waals surface area contributed by atoms with E-state index in [1.165, 1.54) is 0 Å². The van der Waals surface area contributed by atoms with Gasteiger partial charge in [0.25, 0.3) is 0 Å². The van der Waals surface area contributed by atoms with E-state index in [-0.39, 0.29) is 17.7 Å². The summed E-state index contributed by atoms with van der Waals surface area (Å²) >= 11 is 1.57. The largest absolute Gasteiger partial charge is 0.340 e. The molecule has 2 atom stereocenters. The average molecular weight is 293 g/mol. The average Bonchev–Trinajstić information content (AvgIpc) is 3.17. The van der Waals surface area contributed by atoms with E-state index in [1.807, 2.05) is 13.8 Å². The lowest BCUT2D eigenvalue weighted by Gasteiger charge is -2.43. The number of carbonyl (C=O) groups excluding carboxylic acids is 2. The van der Waals surface area contributed by atoms with E-state index in [0.717, 1.165) is 22.7 Å². The van der Waals surface area contributed by atoms with Crippen molar-refractivity contribution in [3.05, 3.63) is 16.1 Å². The number of aryl methyl sites for hydroxylation is 1. The summed E-state index contributed by atoms with van der Waals surface area (Å²) in [5.41, 5.74) is -0.726. The molecule has 6 heteroatoms. The van der Waals surface area contributed by atoms with E-state index in [9.17, 15) is 9.59 Å². The van der Waals surface area contributed by atoms with Crippen LogP contribution in [0, 0.1) is 12.8 Å². The third kappa shape index (κ3) is 2.12. The minimum absolute atomic E-state index is 0.0277. The van der Waals surface area contributed by atoms with E-state index in [0.29, 0.717) is 6.54 Å². The molecule has 3 rings (SSSR count). The number of thiazole rings is 1. The standard InChI is InChI=1S/C14H19N3O2S/c1-8-6-15-11(20-8)7-17-9(2)12(18)16-14(3,13(17)19)10-4-5-10/h6,9-10H,4-5,7H2,1-3H3,(H,16,18). The molecule has 1 aliphatic carbocycles. The van der Waals surface area contributed by atoms with Crippen LogP contribution in [0.3, 0.4) is 0 Å². The molecular weight excluding hydrogens is 274 g/mol. The molecule has 2 unspecified atom stereocenters. The van der Waals surface area contributed by atoms with Crippen molar-refractivity contribution in [2.45, 2.75) is 51.7 Å². The molecule has 2 heterocycles. The van der Waals surface area contributed by atoms with Crippen molar-refractivity contribution in [1.29, 1.82) is 0 Å². The van der Waals surface area contributed by atoms with Gasteiger partial charge in [-0.05, 0) is 39.5 Å². The Bertz CT molecular complexity index is 567. The molecule has 2 amide bonds. The van der Waals surface area contributed by atoms with Crippen LogP contribution in [0.4, 0.5) is 0 Å². The van der Waals surface area contributed by atoms with Crippen LogP contribution < -0.4 is 5.32 Å². The minimum Gasteiger partial charge on any atom is -0.340 e. The Labute approximate surface area is 122 Å². The van der Waals surface area contributed by atoms with E-state index in [1.54, 1.807) is 29.4 Å². The zero-order valence-electron chi connectivity index (χ0n) is 12.0. The second-order valence-electron chi connectivity index (χ2n) is 5.94. The van der Waals surface area contributed by atoms with Gasteiger partial charge in [0.2, 0.25) is 11.8 Å². The van der Waals surface area contributed by atoms with Gasteiger partial charge in [0.1, 0.15) is 16.6 Å². The van der Waals surface area contributed by atoms with Crippen LogP contribution in [0.2, 0.25) is 0 Å². The zero-order chi connectivity index (χ0) is 14.5. The number of carbonyl (C=O) groups is 2. The number of hydrogen-bond acceptors (Lipinski definition) is 4. The maximum atomic E-state index is 12.8. The lowest BCUT2D eigenvalue weighted by molar-refractivity contribution is -0.155. The van der Waals surface area contributed by atoms with E-state index in [2.05, 4.69) is 10.3 Å². The molecule has 0 radical (unpaired) electrons. The Hall–Kier alpha value is -1.43. The summed E-state index contributed by atoms with van der Waals surface area (Å²) in [6.07, 6.45) is 3.83. The normalized spacial score (nSPS) is 30.6. The third-order valence-corrected chi connectivity index (χ3v) is 5.20. The molecule has 1 aromatic rings. The highest BCUT2D eigenvalue weighted by Gasteiger charge is 2.54. The fraction of sp³-hybridized carbons (Fsp3) is 0.643. The highest BCUT2D eigenvalue weighted by atomic mass is 32.1. The van der Waals surface area contributed by atoms with Crippen molar-refractivity contribution < 1.29 is 9.59 Å². The molecule has 0 aromatic carbocycles. The predicted octanol–water partition coefficient (Wildman–Crippen LogP) is 1.47. The van der Waals surface area contributed by atoms with Gasteiger partial charge >= 0.3 is 0 Å². The van der Waals surface area contributed by atoms with E-state index in [4.69, 9.17) is 0 Å². The van der Waals surface area contributed by atoms with Gasteiger partial charge in [-0.15, -0.1) is 11.3 Å². The zero-order valence-corrected chi connectivity index (χ0v) is 12.8. The SMILES string of the molecule is Cc1cnc(CN2C(=O)C(C)(C3CC3)NC(=O)C2C)s1. The van der Waals surface area contributed by atoms with Crippen molar-refractivity contribution in [3.8, 4) is 0 Å². The molecule has 1 saturated carbocycles. The number of aromatic nitrogens is 1. The Morgan fingerprint density at radius 3 is 2.75 bits per heavy atom. The highest BCUT2D eigenvalue weighted by Crippen LogP contribution is 2.42. The molecule has 2 fully saturated rings. The van der Waals surface area contributed by atoms with Crippen molar-refractivity contribution in [2.75, 3.05) is 0 Å². The molecule has 20 heavy (non-hydrogen) atoms. The lowest BCUT2D eigenvalue weighted by atomic mass is 9.90. The number of nitrogens with zero attached hydrogens (tertiary/aromatic N) is 2. The first kappa shape index (κ1) is 13.5. The maximum Gasteiger partial charge on any atom is 0.249 e. The Morgan fingerprint density at radius 1 is 1.50 bits per heavy atom. The summed E-state index contributed by atoms with van der Waals surface area (Å²) in [7, 11) is 0. The molecule has 0 bridgehead atoms. The molecular formula is C14H19N3O2S. The van der Waals surface area contributed by atoms with Crippen molar-refractivity contribution >= 4 is 23.2 Å². The van der Waals surface area contributed by atoms with Crippen LogP contribution in [-0.2, 0) is 16.1 Å². The van der Waals surface area contributed by atoms with Gasteiger partial charge in [0.05, 0.1) is 6.54 Å². The van der Waals surface area contributed by atoms with Gasteiger partial charge < -0.3 is 10.2 Å². The number of amides is 2. The lowest BCUT2D eigenvalue weighted by Crippen LogP contribution is -2.69. The smallest absolute Gasteiger partial charge is 0.249 e. The van der Waals surface area contributed by atoms with Gasteiger partial charge in [0.15, 0.2) is 0 Å². The summed E-state index contributed by atoms with van der Waals surface area (Å²) in [6, 6.07) is -0.432. The van der Waals surface area contributed by atoms with Gasteiger partial charge in [-0.3, -0.25) is 9.59 Å². The summed E-state index contributed by atoms with van der Waals surface area (Å²) in [6.45, 7) is 6.05. The molecule has 2 aliphatic rings. The quantitative estimate of drug-likeness (QED) is 0.918. The fourth-order valence-corrected chi connectivity index (χ4v) is 3.58. The Morgan fingerprint density at radius 2 is 2.20 bits per heavy atom.